The van der Waals surface area contributed by atoms with Crippen LogP contribution in [0.25, 0.3) is 0 Å². The van der Waals surface area contributed by atoms with Crippen LogP contribution in [-0.4, -0.2) is 29.2 Å². The fraction of sp³-hybridized carbons (Fsp3) is 0.414. The van der Waals surface area contributed by atoms with Crippen molar-refractivity contribution in [2.45, 2.75) is 60.0 Å². The maximum atomic E-state index is 13.4. The van der Waals surface area contributed by atoms with Crippen LogP contribution < -0.4 is 14.2 Å². The molecule has 0 bridgehead atoms. The van der Waals surface area contributed by atoms with Crippen LogP contribution in [0.3, 0.4) is 0 Å². The Morgan fingerprint density at radius 1 is 1.14 bits per heavy atom. The van der Waals surface area contributed by atoms with E-state index in [1.54, 1.807) is 12.1 Å². The van der Waals surface area contributed by atoms with Gasteiger partial charge in [-0.15, -0.1) is 0 Å². The highest BCUT2D eigenvalue weighted by Gasteiger charge is 2.36. The van der Waals surface area contributed by atoms with Gasteiger partial charge >= 0.3 is 0 Å². The zero-order valence-electron chi connectivity index (χ0n) is 21.3. The summed E-state index contributed by atoms with van der Waals surface area (Å²) in [6, 6.07) is 6.29. The Morgan fingerprint density at radius 3 is 2.46 bits per heavy atom. The fourth-order valence-corrected chi connectivity index (χ4v) is 4.30. The molecule has 6 nitrogen and oxygen atoms in total. The van der Waals surface area contributed by atoms with E-state index in [4.69, 9.17) is 14.2 Å². The lowest BCUT2D eigenvalue weighted by Crippen LogP contribution is -2.23. The molecule has 6 heteroatoms. The Hall–Kier alpha value is -3.41. The van der Waals surface area contributed by atoms with E-state index in [0.29, 0.717) is 53.6 Å². The molecule has 1 aliphatic heterocycles. The van der Waals surface area contributed by atoms with Crippen molar-refractivity contribution in [2.24, 2.45) is 5.92 Å². The summed E-state index contributed by atoms with van der Waals surface area (Å²) in [6.45, 7) is 14.7. The summed E-state index contributed by atoms with van der Waals surface area (Å²) < 4.78 is 17.9. The van der Waals surface area contributed by atoms with E-state index < -0.39 is 6.10 Å². The molecule has 0 unspecified atom stereocenters. The minimum Gasteiger partial charge on any atom is -0.508 e. The number of carbonyl (C=O) groups excluding carboxylic acids is 1. The zero-order valence-corrected chi connectivity index (χ0v) is 21.3. The number of phenols is 2. The molecule has 0 spiro atoms. The van der Waals surface area contributed by atoms with Crippen LogP contribution >= 0.6 is 0 Å². The topological polar surface area (TPSA) is 85.2 Å². The van der Waals surface area contributed by atoms with E-state index in [0.717, 1.165) is 12.0 Å². The number of benzene rings is 2. The Morgan fingerprint density at radius 2 is 1.83 bits per heavy atom. The Balaban J connectivity index is 2.12. The lowest BCUT2D eigenvalue weighted by Gasteiger charge is -2.31. The minimum atomic E-state index is -0.631. The number of aromatic hydroxyl groups is 2. The van der Waals surface area contributed by atoms with Crippen LogP contribution in [0.2, 0.25) is 0 Å². The second-order valence-electron chi connectivity index (χ2n) is 9.16. The molecule has 1 aliphatic rings. The first kappa shape index (κ1) is 26.2. The van der Waals surface area contributed by atoms with Crippen molar-refractivity contribution in [2.75, 3.05) is 13.2 Å². The van der Waals surface area contributed by atoms with Gasteiger partial charge in [0, 0.05) is 23.3 Å². The molecule has 0 saturated carbocycles. The van der Waals surface area contributed by atoms with E-state index in [9.17, 15) is 15.0 Å². The molecule has 35 heavy (non-hydrogen) atoms. The monoisotopic (exact) mass is 480 g/mol. The third-order valence-corrected chi connectivity index (χ3v) is 6.14. The van der Waals surface area contributed by atoms with E-state index in [-0.39, 0.29) is 29.6 Å². The van der Waals surface area contributed by atoms with E-state index in [2.05, 4.69) is 12.7 Å². The number of rotatable bonds is 10. The van der Waals surface area contributed by atoms with Crippen LogP contribution in [0.1, 0.15) is 75.0 Å². The molecule has 0 amide bonds. The number of allylic oxidation sites excluding steroid dienone is 3. The molecule has 2 aromatic rings. The standard InChI is InChI=1S/C29H36O6/c1-7-33-25-14-20(30)11-12-21(25)26-16-24(32)28-27(34-8-2)15-23(31)22(29(28)35-26)13-19(18(5)6)10-9-17(3)4/h9,11-12,14-15,19,26,30-31H,5,7-8,10,13,16H2,1-4,6H3/t19-,26-/m0/s1. The van der Waals surface area contributed by atoms with Crippen molar-refractivity contribution in [1.29, 1.82) is 0 Å². The second-order valence-corrected chi connectivity index (χ2v) is 9.16. The summed E-state index contributed by atoms with van der Waals surface area (Å²) in [7, 11) is 0. The fourth-order valence-electron chi connectivity index (χ4n) is 4.30. The number of Topliss-reactive ketones (excluding diaryl/α,β-unsaturated/α-hetero) is 1. The second kappa shape index (κ2) is 11.3. The van der Waals surface area contributed by atoms with Gasteiger partial charge in [0.1, 0.15) is 40.4 Å². The van der Waals surface area contributed by atoms with Gasteiger partial charge < -0.3 is 24.4 Å². The molecule has 0 radical (unpaired) electrons. The normalized spacial score (nSPS) is 15.6. The van der Waals surface area contributed by atoms with Crippen LogP contribution in [0.5, 0.6) is 28.7 Å². The Kier molecular flexibility index (Phi) is 8.49. The van der Waals surface area contributed by atoms with Crippen LogP contribution in [0, 0.1) is 5.92 Å². The maximum Gasteiger partial charge on any atom is 0.174 e. The Bertz CT molecular complexity index is 1130. The van der Waals surface area contributed by atoms with Gasteiger partial charge in [-0.1, -0.05) is 23.8 Å². The van der Waals surface area contributed by atoms with Crippen molar-refractivity contribution >= 4 is 5.78 Å². The smallest absolute Gasteiger partial charge is 0.174 e. The van der Waals surface area contributed by atoms with Gasteiger partial charge in [0.15, 0.2) is 5.78 Å². The molecule has 3 rings (SSSR count). The molecular weight excluding hydrogens is 444 g/mol. The van der Waals surface area contributed by atoms with Gasteiger partial charge in [-0.2, -0.15) is 0 Å². The first-order valence-corrected chi connectivity index (χ1v) is 12.1. The van der Waals surface area contributed by atoms with Crippen LogP contribution in [0.15, 0.2) is 48.1 Å². The molecule has 2 N–H and O–H groups in total. The van der Waals surface area contributed by atoms with Crippen LogP contribution in [-0.2, 0) is 6.42 Å². The number of ketones is 1. The van der Waals surface area contributed by atoms with Gasteiger partial charge in [-0.25, -0.2) is 0 Å². The summed E-state index contributed by atoms with van der Waals surface area (Å²) in [5.74, 6) is 1.15. The largest absolute Gasteiger partial charge is 0.508 e. The Labute approximate surface area is 207 Å². The minimum absolute atomic E-state index is 0.0276. The average molecular weight is 481 g/mol. The van der Waals surface area contributed by atoms with Crippen molar-refractivity contribution in [3.8, 4) is 28.7 Å². The summed E-state index contributed by atoms with van der Waals surface area (Å²) in [4.78, 5) is 13.4. The number of hydrogen-bond donors (Lipinski definition) is 2. The van der Waals surface area contributed by atoms with Crippen molar-refractivity contribution in [3.63, 3.8) is 0 Å². The van der Waals surface area contributed by atoms with Gasteiger partial charge in [0.05, 0.1) is 19.6 Å². The molecular formula is C29H36O6. The molecule has 0 fully saturated rings. The van der Waals surface area contributed by atoms with Crippen molar-refractivity contribution < 1.29 is 29.2 Å². The van der Waals surface area contributed by atoms with Gasteiger partial charge in [0.2, 0.25) is 0 Å². The average Bonchev–Trinajstić information content (AvgIpc) is 2.78. The lowest BCUT2D eigenvalue weighted by atomic mass is 9.86. The third kappa shape index (κ3) is 5.99. The van der Waals surface area contributed by atoms with Gasteiger partial charge in [-0.05, 0) is 65.5 Å². The van der Waals surface area contributed by atoms with E-state index in [1.165, 1.54) is 17.7 Å². The highest BCUT2D eigenvalue weighted by molar-refractivity contribution is 6.03. The van der Waals surface area contributed by atoms with Gasteiger partial charge in [-0.3, -0.25) is 4.79 Å². The molecule has 0 saturated heterocycles. The number of phenolic OH excluding ortho intramolecular Hbond substituents is 2. The van der Waals surface area contributed by atoms with Crippen LogP contribution in [0.4, 0.5) is 0 Å². The zero-order chi connectivity index (χ0) is 25.7. The number of hydrogen-bond acceptors (Lipinski definition) is 6. The van der Waals surface area contributed by atoms with E-state index >= 15 is 0 Å². The SMILES string of the molecule is C=C(C)[C@@H](CC=C(C)C)Cc1c(O)cc(OCC)c2c1O[C@H](c1ccc(O)cc1OCC)CC2=O. The molecule has 1 heterocycles. The maximum absolute atomic E-state index is 13.4. The predicted octanol–water partition coefficient (Wildman–Crippen LogP) is 6.69. The summed E-state index contributed by atoms with van der Waals surface area (Å²) in [6.07, 6.45) is 2.84. The number of fused-ring (bicyclic) bond motifs is 1. The first-order chi connectivity index (χ1) is 16.7. The lowest BCUT2D eigenvalue weighted by molar-refractivity contribution is 0.0836. The number of ether oxygens (including phenoxy) is 3. The molecule has 0 aliphatic carbocycles. The highest BCUT2D eigenvalue weighted by atomic mass is 16.5. The van der Waals surface area contributed by atoms with Crippen molar-refractivity contribution in [1.82, 2.24) is 0 Å². The first-order valence-electron chi connectivity index (χ1n) is 12.1. The molecule has 2 atom stereocenters. The summed E-state index contributed by atoms with van der Waals surface area (Å²) in [5.41, 5.74) is 3.78. The quantitative estimate of drug-likeness (QED) is 0.368. The highest BCUT2D eigenvalue weighted by Crippen LogP contribution is 2.48. The number of carbonyl (C=O) groups is 1. The molecule has 0 aromatic heterocycles. The predicted molar refractivity (Wildman–Crippen MR) is 137 cm³/mol. The summed E-state index contributed by atoms with van der Waals surface area (Å²) in [5, 5.41) is 21.0. The van der Waals surface area contributed by atoms with Gasteiger partial charge in [0.25, 0.3) is 0 Å². The summed E-state index contributed by atoms with van der Waals surface area (Å²) >= 11 is 0. The third-order valence-electron chi connectivity index (χ3n) is 6.14. The van der Waals surface area contributed by atoms with Crippen molar-refractivity contribution in [3.05, 3.63) is 64.8 Å². The van der Waals surface area contributed by atoms with E-state index in [1.807, 2.05) is 34.6 Å². The molecule has 188 valence electrons. The molecule has 2 aromatic carbocycles.